The molecule has 1 aromatic heterocycles. The number of carbonyl (C=O) groups excluding carboxylic acids is 1. The van der Waals surface area contributed by atoms with Crippen LogP contribution >= 0.6 is 15.9 Å². The molecule has 20 heavy (non-hydrogen) atoms. The summed E-state index contributed by atoms with van der Waals surface area (Å²) in [4.78, 5) is 14.2. The van der Waals surface area contributed by atoms with Crippen LogP contribution in [-0.4, -0.2) is 24.5 Å². The average Bonchev–Trinajstić information content (AvgIpc) is 2.91. The van der Waals surface area contributed by atoms with E-state index in [4.69, 9.17) is 9.15 Å². The zero-order valence-electron chi connectivity index (χ0n) is 11.0. The van der Waals surface area contributed by atoms with Gasteiger partial charge in [-0.15, -0.1) is 0 Å². The smallest absolute Gasteiger partial charge is 0.289 e. The van der Waals surface area contributed by atoms with Crippen molar-refractivity contribution < 1.29 is 13.9 Å². The van der Waals surface area contributed by atoms with Gasteiger partial charge in [0.2, 0.25) is 0 Å². The maximum Gasteiger partial charge on any atom is 0.289 e. The van der Waals surface area contributed by atoms with E-state index in [-0.39, 0.29) is 11.9 Å². The Morgan fingerprint density at radius 2 is 2.10 bits per heavy atom. The van der Waals surface area contributed by atoms with Crippen molar-refractivity contribution in [2.24, 2.45) is 0 Å². The molecular formula is C15H14BrNO3. The molecule has 4 nitrogen and oxygen atoms in total. The highest BCUT2D eigenvalue weighted by atomic mass is 79.9. The molecule has 0 aliphatic carbocycles. The number of amides is 1. The first-order valence-electron chi connectivity index (χ1n) is 6.41. The molecule has 1 aliphatic rings. The fraction of sp³-hybridized carbons (Fsp3) is 0.267. The molecule has 0 spiro atoms. The summed E-state index contributed by atoms with van der Waals surface area (Å²) in [6.45, 7) is 0.612. The third-order valence-electron chi connectivity index (χ3n) is 3.50. The Kier molecular flexibility index (Phi) is 3.53. The summed E-state index contributed by atoms with van der Waals surface area (Å²) in [5, 5.41) is 0. The van der Waals surface area contributed by atoms with Crippen molar-refractivity contribution in [3.63, 3.8) is 0 Å². The maximum absolute atomic E-state index is 12.4. The molecule has 0 N–H and O–H groups in total. The van der Waals surface area contributed by atoms with Crippen LogP contribution in [0.1, 0.15) is 28.6 Å². The zero-order chi connectivity index (χ0) is 14.1. The molecule has 0 saturated carbocycles. The highest BCUT2D eigenvalue weighted by Crippen LogP contribution is 2.35. The van der Waals surface area contributed by atoms with Gasteiger partial charge in [0.1, 0.15) is 5.75 Å². The average molecular weight is 336 g/mol. The van der Waals surface area contributed by atoms with E-state index in [0.29, 0.717) is 17.0 Å². The lowest BCUT2D eigenvalue weighted by atomic mass is 9.99. The van der Waals surface area contributed by atoms with Gasteiger partial charge >= 0.3 is 0 Å². The summed E-state index contributed by atoms with van der Waals surface area (Å²) in [6.07, 6.45) is 0.779. The van der Waals surface area contributed by atoms with Gasteiger partial charge in [0, 0.05) is 19.0 Å². The number of ether oxygens (including phenoxy) is 1. The minimum absolute atomic E-state index is 0.0105. The van der Waals surface area contributed by atoms with Gasteiger partial charge < -0.3 is 14.1 Å². The number of fused-ring (bicyclic) bond motifs is 1. The highest BCUT2D eigenvalue weighted by Gasteiger charge is 2.29. The minimum Gasteiger partial charge on any atom is -0.493 e. The number of carbonyl (C=O) groups is 1. The number of halogens is 1. The maximum atomic E-state index is 12.4. The Morgan fingerprint density at radius 3 is 2.85 bits per heavy atom. The summed E-state index contributed by atoms with van der Waals surface area (Å²) in [5.74, 6) is 1.06. The van der Waals surface area contributed by atoms with Crippen LogP contribution in [0.3, 0.4) is 0 Å². The highest BCUT2D eigenvalue weighted by molar-refractivity contribution is 9.10. The summed E-state index contributed by atoms with van der Waals surface area (Å²) in [6, 6.07) is 11.2. The van der Waals surface area contributed by atoms with E-state index in [1.54, 1.807) is 24.1 Å². The number of para-hydroxylation sites is 1. The van der Waals surface area contributed by atoms with Crippen molar-refractivity contribution in [3.8, 4) is 5.75 Å². The fourth-order valence-corrected chi connectivity index (χ4v) is 2.78. The summed E-state index contributed by atoms with van der Waals surface area (Å²) in [7, 11) is 1.80. The number of hydrogen-bond donors (Lipinski definition) is 0. The standard InChI is InChI=1S/C15H14BrNO3/c1-17(15(18)13-6-7-14(16)20-13)11-8-9-19-12-5-3-2-4-10(11)12/h2-7,11H,8-9H2,1H3. The monoisotopic (exact) mass is 335 g/mol. The minimum atomic E-state index is -0.127. The molecule has 2 aromatic rings. The Morgan fingerprint density at radius 1 is 1.30 bits per heavy atom. The molecule has 1 atom stereocenters. The predicted octanol–water partition coefficient (Wildman–Crippen LogP) is 3.64. The second-order valence-electron chi connectivity index (χ2n) is 4.71. The van der Waals surface area contributed by atoms with E-state index < -0.39 is 0 Å². The second kappa shape index (κ2) is 5.32. The quantitative estimate of drug-likeness (QED) is 0.841. The second-order valence-corrected chi connectivity index (χ2v) is 5.49. The lowest BCUT2D eigenvalue weighted by Gasteiger charge is -2.32. The number of rotatable bonds is 2. The molecule has 3 rings (SSSR count). The first kappa shape index (κ1) is 13.2. The molecular weight excluding hydrogens is 322 g/mol. The molecule has 0 saturated heterocycles. The van der Waals surface area contributed by atoms with Crippen LogP contribution in [0.25, 0.3) is 0 Å². The van der Waals surface area contributed by atoms with E-state index in [9.17, 15) is 4.79 Å². The van der Waals surface area contributed by atoms with Gasteiger partial charge in [0.15, 0.2) is 10.4 Å². The van der Waals surface area contributed by atoms with Crippen LogP contribution in [0.15, 0.2) is 45.5 Å². The lowest BCUT2D eigenvalue weighted by molar-refractivity contribution is 0.0653. The largest absolute Gasteiger partial charge is 0.493 e. The molecule has 0 radical (unpaired) electrons. The van der Waals surface area contributed by atoms with Crippen molar-refractivity contribution in [2.75, 3.05) is 13.7 Å². The van der Waals surface area contributed by atoms with Gasteiger partial charge in [0.25, 0.3) is 5.91 Å². The van der Waals surface area contributed by atoms with Crippen LogP contribution in [0.4, 0.5) is 0 Å². The topological polar surface area (TPSA) is 42.7 Å². The number of hydrogen-bond acceptors (Lipinski definition) is 3. The summed E-state index contributed by atoms with van der Waals surface area (Å²) in [5.41, 5.74) is 1.04. The first-order chi connectivity index (χ1) is 9.66. The number of furan rings is 1. The Bertz CT molecular complexity index is 638. The molecule has 0 fully saturated rings. The molecule has 2 heterocycles. The first-order valence-corrected chi connectivity index (χ1v) is 7.20. The van der Waals surface area contributed by atoms with Crippen LogP contribution in [0, 0.1) is 0 Å². The van der Waals surface area contributed by atoms with E-state index in [2.05, 4.69) is 15.9 Å². The third-order valence-corrected chi connectivity index (χ3v) is 3.92. The Balaban J connectivity index is 1.88. The van der Waals surface area contributed by atoms with E-state index in [1.165, 1.54) is 0 Å². The zero-order valence-corrected chi connectivity index (χ0v) is 12.6. The van der Waals surface area contributed by atoms with Crippen molar-refractivity contribution in [1.82, 2.24) is 4.90 Å². The molecule has 1 aliphatic heterocycles. The lowest BCUT2D eigenvalue weighted by Crippen LogP contribution is -2.34. The summed E-state index contributed by atoms with van der Waals surface area (Å²) >= 11 is 3.21. The van der Waals surface area contributed by atoms with Crippen molar-refractivity contribution in [3.05, 3.63) is 52.4 Å². The molecule has 5 heteroatoms. The molecule has 1 unspecified atom stereocenters. The number of benzene rings is 1. The van der Waals surface area contributed by atoms with Crippen LogP contribution < -0.4 is 4.74 Å². The Hall–Kier alpha value is -1.75. The summed E-state index contributed by atoms with van der Waals surface area (Å²) < 4.78 is 11.5. The molecule has 1 amide bonds. The molecule has 104 valence electrons. The van der Waals surface area contributed by atoms with Gasteiger partial charge in [-0.2, -0.15) is 0 Å². The Labute approximate surface area is 125 Å². The van der Waals surface area contributed by atoms with Crippen LogP contribution in [0.2, 0.25) is 0 Å². The van der Waals surface area contributed by atoms with E-state index in [1.807, 2.05) is 24.3 Å². The predicted molar refractivity (Wildman–Crippen MR) is 77.8 cm³/mol. The van der Waals surface area contributed by atoms with Crippen molar-refractivity contribution in [1.29, 1.82) is 0 Å². The van der Waals surface area contributed by atoms with Gasteiger partial charge in [-0.05, 0) is 34.1 Å². The van der Waals surface area contributed by atoms with Gasteiger partial charge in [-0.1, -0.05) is 18.2 Å². The van der Waals surface area contributed by atoms with E-state index >= 15 is 0 Å². The molecule has 1 aromatic carbocycles. The van der Waals surface area contributed by atoms with Gasteiger partial charge in [0.05, 0.1) is 12.6 Å². The molecule has 0 bridgehead atoms. The van der Waals surface area contributed by atoms with Crippen LogP contribution in [0.5, 0.6) is 5.75 Å². The SMILES string of the molecule is CN(C(=O)c1ccc(Br)o1)C1CCOc2ccccc21. The fourth-order valence-electron chi connectivity index (χ4n) is 2.47. The normalized spacial score (nSPS) is 17.2. The van der Waals surface area contributed by atoms with Gasteiger partial charge in [-0.3, -0.25) is 4.79 Å². The van der Waals surface area contributed by atoms with Gasteiger partial charge in [-0.25, -0.2) is 0 Å². The third kappa shape index (κ3) is 2.33. The van der Waals surface area contributed by atoms with Crippen molar-refractivity contribution >= 4 is 21.8 Å². The number of nitrogens with zero attached hydrogens (tertiary/aromatic N) is 1. The van der Waals surface area contributed by atoms with Crippen molar-refractivity contribution in [2.45, 2.75) is 12.5 Å². The van der Waals surface area contributed by atoms with E-state index in [0.717, 1.165) is 17.7 Å². The van der Waals surface area contributed by atoms with Crippen LogP contribution in [-0.2, 0) is 0 Å².